The first-order chi connectivity index (χ1) is 6.68. The molecule has 0 amide bonds. The van der Waals surface area contributed by atoms with Crippen LogP contribution in [0.5, 0.6) is 0 Å². The maximum Gasteiger partial charge on any atom is 0.0672 e. The van der Waals surface area contributed by atoms with Gasteiger partial charge in [0, 0.05) is 4.88 Å². The van der Waals surface area contributed by atoms with E-state index in [1.807, 2.05) is 6.92 Å². The number of hydrogen-bond acceptors (Lipinski definition) is 4. The van der Waals surface area contributed by atoms with Crippen LogP contribution in [0.2, 0.25) is 0 Å². The van der Waals surface area contributed by atoms with Crippen molar-refractivity contribution in [1.82, 2.24) is 4.37 Å². The average Bonchev–Trinajstić information content (AvgIpc) is 2.73. The molecule has 0 fully saturated rings. The van der Waals surface area contributed by atoms with E-state index in [0.717, 1.165) is 10.6 Å². The summed E-state index contributed by atoms with van der Waals surface area (Å²) < 4.78 is 4.24. The summed E-state index contributed by atoms with van der Waals surface area (Å²) in [5.41, 5.74) is 9.69. The van der Waals surface area contributed by atoms with E-state index in [1.165, 1.54) is 22.7 Å². The fourth-order valence-electron chi connectivity index (χ4n) is 1.37. The highest BCUT2D eigenvalue weighted by Crippen LogP contribution is 2.27. The van der Waals surface area contributed by atoms with Crippen molar-refractivity contribution in [2.24, 2.45) is 5.73 Å². The molecule has 1 atom stereocenters. The molecule has 2 N–H and O–H groups in total. The molecule has 0 bridgehead atoms. The van der Waals surface area contributed by atoms with Crippen molar-refractivity contribution in [3.63, 3.8) is 0 Å². The molecule has 1 unspecified atom stereocenters. The van der Waals surface area contributed by atoms with Gasteiger partial charge in [0.05, 0.1) is 11.7 Å². The maximum atomic E-state index is 6.15. The summed E-state index contributed by atoms with van der Waals surface area (Å²) in [4.78, 5) is 1.14. The minimum atomic E-state index is -0.00699. The summed E-state index contributed by atoms with van der Waals surface area (Å²) in [6.07, 6.45) is 0. The fraction of sp³-hybridized carbons (Fsp3) is 0.300. The Kier molecular flexibility index (Phi) is 2.67. The van der Waals surface area contributed by atoms with Crippen LogP contribution in [0.25, 0.3) is 0 Å². The van der Waals surface area contributed by atoms with Crippen molar-refractivity contribution in [2.75, 3.05) is 0 Å². The number of aromatic nitrogens is 1. The molecular formula is C10H12N2S2. The molecule has 0 aliphatic heterocycles. The predicted molar refractivity (Wildman–Crippen MR) is 61.9 cm³/mol. The summed E-state index contributed by atoms with van der Waals surface area (Å²) in [7, 11) is 0. The van der Waals surface area contributed by atoms with E-state index in [1.54, 1.807) is 11.3 Å². The quantitative estimate of drug-likeness (QED) is 0.852. The highest BCUT2D eigenvalue weighted by molar-refractivity contribution is 7.08. The van der Waals surface area contributed by atoms with Crippen LogP contribution < -0.4 is 5.73 Å². The third-order valence-corrected chi connectivity index (χ3v) is 4.02. The lowest BCUT2D eigenvalue weighted by molar-refractivity contribution is 0.889. The number of hydrogen-bond donors (Lipinski definition) is 1. The SMILES string of the molecule is Cc1cc(C(N)c2cscc2C)sn1. The molecule has 0 aliphatic carbocycles. The van der Waals surface area contributed by atoms with Crippen molar-refractivity contribution in [3.05, 3.63) is 38.5 Å². The smallest absolute Gasteiger partial charge is 0.0672 e. The third kappa shape index (κ3) is 1.73. The van der Waals surface area contributed by atoms with Gasteiger partial charge in [-0.05, 0) is 53.3 Å². The topological polar surface area (TPSA) is 38.9 Å². The average molecular weight is 224 g/mol. The Morgan fingerprint density at radius 1 is 1.36 bits per heavy atom. The predicted octanol–water partition coefficient (Wildman–Crippen LogP) is 2.87. The van der Waals surface area contributed by atoms with E-state index in [0.29, 0.717) is 0 Å². The lowest BCUT2D eigenvalue weighted by Gasteiger charge is -2.07. The Hall–Kier alpha value is -0.710. The van der Waals surface area contributed by atoms with Crippen LogP contribution in [-0.4, -0.2) is 4.37 Å². The molecule has 4 heteroatoms. The summed E-state index contributed by atoms with van der Waals surface area (Å²) in [6, 6.07) is 2.05. The van der Waals surface area contributed by atoms with E-state index in [9.17, 15) is 0 Å². The molecule has 2 aromatic rings. The number of nitrogens with two attached hydrogens (primary N) is 1. The number of thiophene rings is 1. The van der Waals surface area contributed by atoms with Gasteiger partial charge < -0.3 is 5.73 Å². The normalized spacial score (nSPS) is 13.1. The number of rotatable bonds is 2. The zero-order chi connectivity index (χ0) is 10.1. The minimum Gasteiger partial charge on any atom is -0.320 e. The fourth-order valence-corrected chi connectivity index (χ4v) is 3.03. The van der Waals surface area contributed by atoms with Crippen LogP contribution >= 0.6 is 22.9 Å². The van der Waals surface area contributed by atoms with Gasteiger partial charge in [-0.25, -0.2) is 0 Å². The molecule has 2 heterocycles. The van der Waals surface area contributed by atoms with Gasteiger partial charge in [0.15, 0.2) is 0 Å². The van der Waals surface area contributed by atoms with Crippen LogP contribution in [0.15, 0.2) is 16.8 Å². The van der Waals surface area contributed by atoms with Crippen LogP contribution in [0.3, 0.4) is 0 Å². The standard InChI is InChI=1S/C10H12N2S2/c1-6-4-13-5-8(6)10(11)9-3-7(2)12-14-9/h3-5,10H,11H2,1-2H3. The zero-order valence-corrected chi connectivity index (χ0v) is 9.78. The lowest BCUT2D eigenvalue weighted by Crippen LogP contribution is -2.10. The molecule has 0 aliphatic rings. The van der Waals surface area contributed by atoms with Gasteiger partial charge in [0.2, 0.25) is 0 Å². The van der Waals surface area contributed by atoms with Gasteiger partial charge in [-0.3, -0.25) is 0 Å². The van der Waals surface area contributed by atoms with Crippen molar-refractivity contribution < 1.29 is 0 Å². The molecule has 2 rings (SSSR count). The first-order valence-corrected chi connectivity index (χ1v) is 6.11. The second-order valence-electron chi connectivity index (χ2n) is 3.36. The van der Waals surface area contributed by atoms with E-state index >= 15 is 0 Å². The Labute approximate surface area is 91.6 Å². The Morgan fingerprint density at radius 3 is 2.64 bits per heavy atom. The van der Waals surface area contributed by atoms with Crippen LogP contribution in [0.4, 0.5) is 0 Å². The van der Waals surface area contributed by atoms with E-state index < -0.39 is 0 Å². The van der Waals surface area contributed by atoms with Gasteiger partial charge in [0.25, 0.3) is 0 Å². The molecule has 0 saturated carbocycles. The molecule has 0 spiro atoms. The van der Waals surface area contributed by atoms with Gasteiger partial charge in [-0.15, -0.1) is 0 Å². The Bertz CT molecular complexity index is 431. The third-order valence-electron chi connectivity index (χ3n) is 2.18. The Balaban J connectivity index is 2.33. The molecule has 0 radical (unpaired) electrons. The second kappa shape index (κ2) is 3.81. The van der Waals surface area contributed by atoms with Crippen molar-refractivity contribution >= 4 is 22.9 Å². The van der Waals surface area contributed by atoms with Crippen LogP contribution in [0, 0.1) is 13.8 Å². The largest absolute Gasteiger partial charge is 0.320 e. The molecule has 0 saturated heterocycles. The minimum absolute atomic E-state index is 0.00699. The highest BCUT2D eigenvalue weighted by Gasteiger charge is 2.14. The Morgan fingerprint density at radius 2 is 2.14 bits per heavy atom. The first-order valence-electron chi connectivity index (χ1n) is 4.40. The summed E-state index contributed by atoms with van der Waals surface area (Å²) in [5.74, 6) is 0. The van der Waals surface area contributed by atoms with E-state index in [2.05, 4.69) is 28.1 Å². The van der Waals surface area contributed by atoms with E-state index in [-0.39, 0.29) is 6.04 Å². The summed E-state index contributed by atoms with van der Waals surface area (Å²) in [6.45, 7) is 4.09. The van der Waals surface area contributed by atoms with Crippen molar-refractivity contribution in [1.29, 1.82) is 0 Å². The number of nitrogens with zero attached hydrogens (tertiary/aromatic N) is 1. The maximum absolute atomic E-state index is 6.15. The molecule has 2 nitrogen and oxygen atoms in total. The first kappa shape index (κ1) is 9.83. The molecule has 0 aromatic carbocycles. The second-order valence-corrected chi connectivity index (χ2v) is 4.94. The molecule has 14 heavy (non-hydrogen) atoms. The van der Waals surface area contributed by atoms with Crippen molar-refractivity contribution in [2.45, 2.75) is 19.9 Å². The zero-order valence-electron chi connectivity index (χ0n) is 8.15. The van der Waals surface area contributed by atoms with Crippen LogP contribution in [0.1, 0.15) is 27.7 Å². The number of aryl methyl sites for hydroxylation is 2. The van der Waals surface area contributed by atoms with Gasteiger partial charge in [0.1, 0.15) is 0 Å². The van der Waals surface area contributed by atoms with Crippen molar-refractivity contribution in [3.8, 4) is 0 Å². The molecule has 2 aromatic heterocycles. The van der Waals surface area contributed by atoms with Gasteiger partial charge in [-0.1, -0.05) is 0 Å². The lowest BCUT2D eigenvalue weighted by atomic mass is 10.1. The van der Waals surface area contributed by atoms with E-state index in [4.69, 9.17) is 5.73 Å². The monoisotopic (exact) mass is 224 g/mol. The molecular weight excluding hydrogens is 212 g/mol. The molecule has 74 valence electrons. The highest BCUT2D eigenvalue weighted by atomic mass is 32.1. The summed E-state index contributed by atoms with van der Waals surface area (Å²) >= 11 is 3.19. The van der Waals surface area contributed by atoms with Crippen LogP contribution in [-0.2, 0) is 0 Å². The summed E-state index contributed by atoms with van der Waals surface area (Å²) in [5, 5.41) is 4.25. The van der Waals surface area contributed by atoms with Gasteiger partial charge >= 0.3 is 0 Å². The van der Waals surface area contributed by atoms with Gasteiger partial charge in [-0.2, -0.15) is 15.7 Å².